The second kappa shape index (κ2) is 6.68. The van der Waals surface area contributed by atoms with Crippen molar-refractivity contribution in [2.75, 3.05) is 13.7 Å². The number of benzene rings is 1. The molecule has 0 saturated heterocycles. The van der Waals surface area contributed by atoms with Gasteiger partial charge in [0.15, 0.2) is 0 Å². The predicted octanol–water partition coefficient (Wildman–Crippen LogP) is 3.10. The lowest BCUT2D eigenvalue weighted by molar-refractivity contribution is 0.316. The molecule has 19 heavy (non-hydrogen) atoms. The molecular formula is C15H20N2OS. The van der Waals surface area contributed by atoms with Crippen LogP contribution in [0, 0.1) is 13.8 Å². The van der Waals surface area contributed by atoms with E-state index < -0.39 is 0 Å². The molecule has 0 amide bonds. The van der Waals surface area contributed by atoms with Gasteiger partial charge in [-0.1, -0.05) is 18.2 Å². The van der Waals surface area contributed by atoms with Crippen LogP contribution in [0.15, 0.2) is 23.7 Å². The fourth-order valence-corrected chi connectivity index (χ4v) is 2.82. The molecule has 4 heteroatoms. The first kappa shape index (κ1) is 14.0. The molecule has 0 atom stereocenters. The zero-order chi connectivity index (χ0) is 13.7. The monoisotopic (exact) mass is 276 g/mol. The van der Waals surface area contributed by atoms with Crippen molar-refractivity contribution in [3.8, 4) is 5.75 Å². The molecule has 1 aromatic heterocycles. The van der Waals surface area contributed by atoms with Gasteiger partial charge in [0.25, 0.3) is 0 Å². The largest absolute Gasteiger partial charge is 0.493 e. The molecule has 0 bridgehead atoms. The van der Waals surface area contributed by atoms with Gasteiger partial charge < -0.3 is 10.1 Å². The average Bonchev–Trinajstić information content (AvgIpc) is 2.79. The Balaban J connectivity index is 2.01. The normalized spacial score (nSPS) is 10.7. The summed E-state index contributed by atoms with van der Waals surface area (Å²) in [5.41, 5.74) is 5.41. The maximum Gasteiger partial charge on any atom is 0.126 e. The van der Waals surface area contributed by atoms with Gasteiger partial charge in [0.05, 0.1) is 17.8 Å². The maximum absolute atomic E-state index is 5.99. The Hall–Kier alpha value is -1.39. The highest BCUT2D eigenvalue weighted by atomic mass is 32.1. The lowest BCUT2D eigenvalue weighted by Gasteiger charge is -2.13. The van der Waals surface area contributed by atoms with Gasteiger partial charge in [0.1, 0.15) is 5.75 Å². The van der Waals surface area contributed by atoms with E-state index in [1.54, 1.807) is 11.3 Å². The molecule has 2 aromatic rings. The Labute approximate surface area is 118 Å². The molecule has 102 valence electrons. The van der Waals surface area contributed by atoms with E-state index in [0.717, 1.165) is 24.4 Å². The number of nitrogens with one attached hydrogen (secondary N) is 1. The molecule has 0 unspecified atom stereocenters. The molecule has 0 saturated carbocycles. The minimum Gasteiger partial charge on any atom is -0.493 e. The number of ether oxygens (including phenoxy) is 1. The molecule has 1 aromatic carbocycles. The van der Waals surface area contributed by atoms with Crippen molar-refractivity contribution < 1.29 is 4.74 Å². The van der Waals surface area contributed by atoms with E-state index in [0.29, 0.717) is 6.61 Å². The first-order chi connectivity index (χ1) is 9.22. The van der Waals surface area contributed by atoms with Crippen LogP contribution in [0.3, 0.4) is 0 Å². The Kier molecular flexibility index (Phi) is 4.93. The molecule has 3 nitrogen and oxygen atoms in total. The number of nitrogens with zero attached hydrogens (tertiary/aromatic N) is 1. The first-order valence-electron chi connectivity index (χ1n) is 6.47. The Morgan fingerprint density at radius 3 is 2.84 bits per heavy atom. The predicted molar refractivity (Wildman–Crippen MR) is 80.0 cm³/mol. The van der Waals surface area contributed by atoms with Crippen LogP contribution >= 0.6 is 11.3 Å². The van der Waals surface area contributed by atoms with Crippen LogP contribution in [0.5, 0.6) is 5.75 Å². The highest BCUT2D eigenvalue weighted by Gasteiger charge is 2.07. The molecule has 0 spiro atoms. The van der Waals surface area contributed by atoms with Gasteiger partial charge in [0, 0.05) is 23.4 Å². The lowest BCUT2D eigenvalue weighted by Crippen LogP contribution is -2.10. The molecule has 0 aliphatic heterocycles. The van der Waals surface area contributed by atoms with Crippen LogP contribution in [-0.2, 0) is 13.0 Å². The molecule has 1 heterocycles. The number of rotatable bonds is 6. The van der Waals surface area contributed by atoms with E-state index in [4.69, 9.17) is 4.74 Å². The summed E-state index contributed by atoms with van der Waals surface area (Å²) in [6, 6.07) is 6.27. The van der Waals surface area contributed by atoms with Crippen LogP contribution < -0.4 is 10.1 Å². The van der Waals surface area contributed by atoms with E-state index in [1.165, 1.54) is 16.0 Å². The summed E-state index contributed by atoms with van der Waals surface area (Å²) in [6.45, 7) is 5.67. The molecule has 0 radical (unpaired) electrons. The maximum atomic E-state index is 5.99. The van der Waals surface area contributed by atoms with Crippen molar-refractivity contribution in [1.82, 2.24) is 10.3 Å². The van der Waals surface area contributed by atoms with Crippen LogP contribution in [-0.4, -0.2) is 18.6 Å². The standard InChI is InChI=1S/C15H20N2OS/c1-11-5-4-6-13(9-16-3)15(11)18-8-7-14-12(2)17-10-19-14/h4-6,10,16H,7-9H2,1-3H3. The van der Waals surface area contributed by atoms with Crippen LogP contribution in [0.1, 0.15) is 21.7 Å². The topological polar surface area (TPSA) is 34.1 Å². The Morgan fingerprint density at radius 2 is 2.16 bits per heavy atom. The quantitative estimate of drug-likeness (QED) is 0.880. The van der Waals surface area contributed by atoms with Crippen LogP contribution in [0.2, 0.25) is 0 Å². The molecule has 0 fully saturated rings. The number of hydrogen-bond donors (Lipinski definition) is 1. The molecule has 0 aliphatic rings. The second-order valence-electron chi connectivity index (χ2n) is 4.55. The van der Waals surface area contributed by atoms with Crippen molar-refractivity contribution in [2.45, 2.75) is 26.8 Å². The minimum absolute atomic E-state index is 0.699. The smallest absolute Gasteiger partial charge is 0.126 e. The number of hydrogen-bond acceptors (Lipinski definition) is 4. The number of aromatic nitrogens is 1. The van der Waals surface area contributed by atoms with E-state index >= 15 is 0 Å². The summed E-state index contributed by atoms with van der Waals surface area (Å²) >= 11 is 1.70. The first-order valence-corrected chi connectivity index (χ1v) is 7.35. The average molecular weight is 276 g/mol. The third-order valence-corrected chi connectivity index (χ3v) is 4.08. The van der Waals surface area contributed by atoms with Crippen molar-refractivity contribution in [3.63, 3.8) is 0 Å². The molecular weight excluding hydrogens is 256 g/mol. The molecule has 2 rings (SSSR count). The van der Waals surface area contributed by atoms with Crippen LogP contribution in [0.25, 0.3) is 0 Å². The second-order valence-corrected chi connectivity index (χ2v) is 5.49. The minimum atomic E-state index is 0.699. The van der Waals surface area contributed by atoms with Gasteiger partial charge in [-0.05, 0) is 26.5 Å². The summed E-state index contributed by atoms with van der Waals surface area (Å²) < 4.78 is 5.99. The van der Waals surface area contributed by atoms with Crippen LogP contribution in [0.4, 0.5) is 0 Å². The SMILES string of the molecule is CNCc1cccc(C)c1OCCc1scnc1C. The van der Waals surface area contributed by atoms with Gasteiger partial charge in [-0.2, -0.15) is 0 Å². The fraction of sp³-hybridized carbons (Fsp3) is 0.400. The van der Waals surface area contributed by atoms with Crippen molar-refractivity contribution >= 4 is 11.3 Å². The third-order valence-electron chi connectivity index (χ3n) is 3.08. The highest BCUT2D eigenvalue weighted by Crippen LogP contribution is 2.24. The fourth-order valence-electron chi connectivity index (χ4n) is 2.06. The summed E-state index contributed by atoms with van der Waals surface area (Å²) in [6.07, 6.45) is 0.920. The third kappa shape index (κ3) is 3.55. The lowest BCUT2D eigenvalue weighted by atomic mass is 10.1. The van der Waals surface area contributed by atoms with E-state index in [9.17, 15) is 0 Å². The summed E-state index contributed by atoms with van der Waals surface area (Å²) in [5.74, 6) is 1.01. The molecule has 1 N–H and O–H groups in total. The van der Waals surface area contributed by atoms with Gasteiger partial charge >= 0.3 is 0 Å². The Bertz CT molecular complexity index is 537. The van der Waals surface area contributed by atoms with E-state index in [-0.39, 0.29) is 0 Å². The number of thiazole rings is 1. The van der Waals surface area contributed by atoms with Gasteiger partial charge in [-0.15, -0.1) is 11.3 Å². The number of aryl methyl sites for hydroxylation is 2. The van der Waals surface area contributed by atoms with Gasteiger partial charge in [-0.3, -0.25) is 0 Å². The summed E-state index contributed by atoms with van der Waals surface area (Å²) in [5, 5.41) is 3.18. The van der Waals surface area contributed by atoms with E-state index in [2.05, 4.69) is 35.4 Å². The molecule has 0 aliphatic carbocycles. The Morgan fingerprint density at radius 1 is 1.32 bits per heavy atom. The van der Waals surface area contributed by atoms with E-state index in [1.807, 2.05) is 19.5 Å². The van der Waals surface area contributed by atoms with Crippen molar-refractivity contribution in [3.05, 3.63) is 45.4 Å². The van der Waals surface area contributed by atoms with Crippen molar-refractivity contribution in [2.24, 2.45) is 0 Å². The number of para-hydroxylation sites is 1. The van der Waals surface area contributed by atoms with Crippen molar-refractivity contribution in [1.29, 1.82) is 0 Å². The zero-order valence-electron chi connectivity index (χ0n) is 11.7. The highest BCUT2D eigenvalue weighted by molar-refractivity contribution is 7.09. The summed E-state index contributed by atoms with van der Waals surface area (Å²) in [7, 11) is 1.95. The van der Waals surface area contributed by atoms with Gasteiger partial charge in [0.2, 0.25) is 0 Å². The summed E-state index contributed by atoms with van der Waals surface area (Å²) in [4.78, 5) is 5.57. The zero-order valence-corrected chi connectivity index (χ0v) is 12.5. The van der Waals surface area contributed by atoms with Gasteiger partial charge in [-0.25, -0.2) is 4.98 Å².